The number of ether oxygens (including phenoxy) is 3. The first-order valence-electron chi connectivity index (χ1n) is 7.27. The Kier molecular flexibility index (Phi) is 3.88. The fraction of sp³-hybridized carbons (Fsp3) is 0.533. The molecule has 2 aliphatic heterocycles. The monoisotopic (exact) mass is 292 g/mol. The lowest BCUT2D eigenvalue weighted by Crippen LogP contribution is -2.28. The molecule has 0 aliphatic carbocycles. The van der Waals surface area contributed by atoms with Crippen LogP contribution in [0.5, 0.6) is 11.5 Å². The zero-order valence-electron chi connectivity index (χ0n) is 12.1. The Morgan fingerprint density at radius 2 is 1.95 bits per heavy atom. The van der Waals surface area contributed by atoms with Crippen LogP contribution in [0, 0.1) is 5.92 Å². The summed E-state index contributed by atoms with van der Waals surface area (Å²) in [4.78, 5) is 12.3. The molecule has 2 atom stereocenters. The minimum atomic E-state index is -0.139. The van der Waals surface area contributed by atoms with Gasteiger partial charge in [0, 0.05) is 25.2 Å². The Morgan fingerprint density at radius 3 is 2.62 bits per heavy atom. The quantitative estimate of drug-likeness (QED) is 0.812. The minimum absolute atomic E-state index is 0.0633. The molecular weight excluding hydrogens is 272 g/mol. The van der Waals surface area contributed by atoms with Gasteiger partial charge in [-0.25, -0.2) is 0 Å². The van der Waals surface area contributed by atoms with E-state index in [2.05, 4.69) is 5.32 Å². The molecule has 0 aromatic heterocycles. The van der Waals surface area contributed by atoms with Gasteiger partial charge in [0.2, 0.25) is 5.91 Å². The van der Waals surface area contributed by atoms with Crippen LogP contribution in [0.2, 0.25) is 0 Å². The summed E-state index contributed by atoms with van der Waals surface area (Å²) in [5.41, 5.74) is 7.03. The van der Waals surface area contributed by atoms with E-state index < -0.39 is 0 Å². The number of fused-ring (bicyclic) bond motifs is 1. The van der Waals surface area contributed by atoms with Crippen molar-refractivity contribution in [2.75, 3.05) is 30.9 Å². The Labute approximate surface area is 123 Å². The van der Waals surface area contributed by atoms with E-state index in [-0.39, 0.29) is 17.9 Å². The second kappa shape index (κ2) is 5.81. The fourth-order valence-corrected chi connectivity index (χ4v) is 2.63. The Hall–Kier alpha value is -1.95. The number of carbonyl (C=O) groups excluding carboxylic acids is 1. The molecule has 1 saturated heterocycles. The van der Waals surface area contributed by atoms with Crippen LogP contribution in [0.25, 0.3) is 0 Å². The number of nitrogens with two attached hydrogens (primary N) is 1. The molecule has 2 unspecified atom stereocenters. The van der Waals surface area contributed by atoms with E-state index in [1.54, 1.807) is 12.1 Å². The van der Waals surface area contributed by atoms with Crippen molar-refractivity contribution in [2.24, 2.45) is 5.92 Å². The molecule has 3 rings (SSSR count). The second-order valence-corrected chi connectivity index (χ2v) is 5.40. The van der Waals surface area contributed by atoms with Crippen molar-refractivity contribution in [2.45, 2.75) is 25.9 Å². The summed E-state index contributed by atoms with van der Waals surface area (Å²) in [5, 5.41) is 2.87. The normalized spacial score (nSPS) is 24.4. The van der Waals surface area contributed by atoms with Gasteiger partial charge in [0.1, 0.15) is 0 Å². The van der Waals surface area contributed by atoms with Crippen LogP contribution in [-0.4, -0.2) is 31.8 Å². The fourth-order valence-electron chi connectivity index (χ4n) is 2.63. The van der Waals surface area contributed by atoms with Crippen LogP contribution in [0.1, 0.15) is 19.8 Å². The van der Waals surface area contributed by atoms with E-state index in [9.17, 15) is 4.79 Å². The van der Waals surface area contributed by atoms with Crippen LogP contribution in [0.15, 0.2) is 12.1 Å². The molecule has 1 aromatic carbocycles. The maximum Gasteiger partial charge on any atom is 0.230 e. The molecule has 0 spiro atoms. The predicted octanol–water partition coefficient (Wildman–Crippen LogP) is 1.79. The molecule has 1 aromatic rings. The number of rotatable bonds is 2. The van der Waals surface area contributed by atoms with Gasteiger partial charge in [-0.05, 0) is 13.3 Å². The molecule has 1 fully saturated rings. The molecule has 0 saturated carbocycles. The third-order valence-electron chi connectivity index (χ3n) is 3.89. The van der Waals surface area contributed by atoms with Gasteiger partial charge in [-0.1, -0.05) is 0 Å². The van der Waals surface area contributed by atoms with Crippen LogP contribution in [-0.2, 0) is 9.53 Å². The molecule has 6 nitrogen and oxygen atoms in total. The van der Waals surface area contributed by atoms with E-state index in [1.807, 2.05) is 6.92 Å². The number of hydrogen-bond donors (Lipinski definition) is 2. The number of benzene rings is 1. The third-order valence-corrected chi connectivity index (χ3v) is 3.89. The number of nitrogens with one attached hydrogen (secondary N) is 1. The molecule has 114 valence electrons. The lowest BCUT2D eigenvalue weighted by molar-refractivity contribution is -0.121. The largest absolute Gasteiger partial charge is 0.489 e. The molecule has 6 heteroatoms. The topological polar surface area (TPSA) is 82.8 Å². The summed E-state index contributed by atoms with van der Waals surface area (Å²) in [7, 11) is 0. The maximum atomic E-state index is 12.3. The van der Waals surface area contributed by atoms with Crippen LogP contribution >= 0.6 is 0 Å². The van der Waals surface area contributed by atoms with Crippen LogP contribution in [0.3, 0.4) is 0 Å². The highest BCUT2D eigenvalue weighted by Crippen LogP contribution is 2.37. The van der Waals surface area contributed by atoms with Gasteiger partial charge in [-0.15, -0.1) is 0 Å². The van der Waals surface area contributed by atoms with E-state index in [0.717, 1.165) is 12.8 Å². The Morgan fingerprint density at radius 1 is 1.24 bits per heavy atom. The van der Waals surface area contributed by atoms with Crippen molar-refractivity contribution in [1.29, 1.82) is 0 Å². The smallest absolute Gasteiger partial charge is 0.230 e. The standard InChI is InChI=1S/C15H20N2O4/c1-9-10(3-6-19-9)15(18)17-12-8-14-13(7-11(12)16)20-4-2-5-21-14/h7-10H,2-6,16H2,1H3,(H,17,18). The molecule has 2 heterocycles. The van der Waals surface area contributed by atoms with Gasteiger partial charge in [0.25, 0.3) is 0 Å². The number of hydrogen-bond acceptors (Lipinski definition) is 5. The summed E-state index contributed by atoms with van der Waals surface area (Å²) < 4.78 is 16.6. The first-order valence-corrected chi connectivity index (χ1v) is 7.27. The lowest BCUT2D eigenvalue weighted by atomic mass is 10.0. The summed E-state index contributed by atoms with van der Waals surface area (Å²) in [6.45, 7) is 3.73. The zero-order chi connectivity index (χ0) is 14.8. The molecule has 0 radical (unpaired) electrons. The molecule has 3 N–H and O–H groups in total. The van der Waals surface area contributed by atoms with Gasteiger partial charge < -0.3 is 25.3 Å². The van der Waals surface area contributed by atoms with Crippen LogP contribution in [0.4, 0.5) is 11.4 Å². The van der Waals surface area contributed by atoms with E-state index in [0.29, 0.717) is 42.7 Å². The molecular formula is C15H20N2O4. The van der Waals surface area contributed by atoms with Crippen molar-refractivity contribution >= 4 is 17.3 Å². The lowest BCUT2D eigenvalue weighted by Gasteiger charge is -2.17. The van der Waals surface area contributed by atoms with Gasteiger partial charge >= 0.3 is 0 Å². The van der Waals surface area contributed by atoms with Crippen molar-refractivity contribution in [3.05, 3.63) is 12.1 Å². The molecule has 0 bridgehead atoms. The highest BCUT2D eigenvalue weighted by atomic mass is 16.5. The third kappa shape index (κ3) is 2.90. The first kappa shape index (κ1) is 14.0. The average molecular weight is 292 g/mol. The Balaban J connectivity index is 1.79. The number of amides is 1. The van der Waals surface area contributed by atoms with Gasteiger partial charge in [0.05, 0.1) is 36.6 Å². The summed E-state index contributed by atoms with van der Waals surface area (Å²) in [6, 6.07) is 3.43. The molecule has 2 aliphatic rings. The Bertz CT molecular complexity index is 547. The maximum absolute atomic E-state index is 12.3. The van der Waals surface area contributed by atoms with Crippen molar-refractivity contribution in [1.82, 2.24) is 0 Å². The summed E-state index contributed by atoms with van der Waals surface area (Å²) >= 11 is 0. The predicted molar refractivity (Wildman–Crippen MR) is 78.6 cm³/mol. The number of nitrogen functional groups attached to an aromatic ring is 1. The summed E-state index contributed by atoms with van der Waals surface area (Å²) in [6.07, 6.45) is 1.50. The highest BCUT2D eigenvalue weighted by Gasteiger charge is 2.31. The zero-order valence-corrected chi connectivity index (χ0v) is 12.1. The van der Waals surface area contributed by atoms with Crippen molar-refractivity contribution < 1.29 is 19.0 Å². The molecule has 1 amide bonds. The van der Waals surface area contributed by atoms with E-state index in [1.165, 1.54) is 0 Å². The van der Waals surface area contributed by atoms with Gasteiger partial charge in [-0.2, -0.15) is 0 Å². The minimum Gasteiger partial charge on any atom is -0.489 e. The second-order valence-electron chi connectivity index (χ2n) is 5.40. The van der Waals surface area contributed by atoms with Gasteiger partial charge in [-0.3, -0.25) is 4.79 Å². The van der Waals surface area contributed by atoms with Crippen LogP contribution < -0.4 is 20.5 Å². The van der Waals surface area contributed by atoms with E-state index >= 15 is 0 Å². The van der Waals surface area contributed by atoms with Crippen molar-refractivity contribution in [3.63, 3.8) is 0 Å². The van der Waals surface area contributed by atoms with Gasteiger partial charge in [0.15, 0.2) is 11.5 Å². The highest BCUT2D eigenvalue weighted by molar-refractivity contribution is 5.96. The molecule has 21 heavy (non-hydrogen) atoms. The number of carbonyl (C=O) groups is 1. The average Bonchev–Trinajstić information content (AvgIpc) is 2.75. The number of anilines is 2. The SMILES string of the molecule is CC1OCCC1C(=O)Nc1cc2c(cc1N)OCCCO2. The van der Waals surface area contributed by atoms with E-state index in [4.69, 9.17) is 19.9 Å². The summed E-state index contributed by atoms with van der Waals surface area (Å²) in [5.74, 6) is 1.04. The van der Waals surface area contributed by atoms with Crippen molar-refractivity contribution in [3.8, 4) is 11.5 Å². The first-order chi connectivity index (χ1) is 10.1.